The van der Waals surface area contributed by atoms with Crippen LogP contribution in [0.1, 0.15) is 25.0 Å². The molecule has 0 atom stereocenters. The van der Waals surface area contributed by atoms with Crippen LogP contribution in [0, 0.1) is 0 Å². The molecule has 3 heteroatoms. The summed E-state index contributed by atoms with van der Waals surface area (Å²) in [7, 11) is 0. The van der Waals surface area contributed by atoms with Crippen molar-refractivity contribution in [3.63, 3.8) is 0 Å². The predicted octanol–water partition coefficient (Wildman–Crippen LogP) is 15.3. The fraction of sp³-hybridized carbons (Fsp3) is 0.0545. The molecule has 2 aromatic heterocycles. The Morgan fingerprint density at radius 1 is 0.466 bits per heavy atom. The number of benzene rings is 9. The number of nitrogens with zero attached hydrogens (tertiary/aromatic N) is 2. The molecule has 0 radical (unpaired) electrons. The van der Waals surface area contributed by atoms with E-state index in [0.29, 0.717) is 0 Å². The summed E-state index contributed by atoms with van der Waals surface area (Å²) in [6.45, 7) is 4.69. The molecule has 0 bridgehead atoms. The van der Waals surface area contributed by atoms with E-state index in [2.05, 4.69) is 217 Å². The summed E-state index contributed by atoms with van der Waals surface area (Å²) in [5.41, 5.74) is 16.1. The third kappa shape index (κ3) is 4.74. The lowest BCUT2D eigenvalue weighted by Gasteiger charge is -2.28. The molecule has 9 aromatic carbocycles. The summed E-state index contributed by atoms with van der Waals surface area (Å²) < 4.78 is 9.21. The SMILES string of the molecule is CC1(C)c2ccccc2-c2ccc(N(c3ccc(-c4ccc(-n5c6ccccc6c6ccccc65)cc4)cc3)c3cccc4c3oc3ccc5ccccc5c34)cc21. The van der Waals surface area contributed by atoms with Crippen molar-refractivity contribution in [3.05, 3.63) is 205 Å². The van der Waals surface area contributed by atoms with Gasteiger partial charge in [0.2, 0.25) is 0 Å². The summed E-state index contributed by atoms with van der Waals surface area (Å²) in [6, 6.07) is 70.5. The maximum Gasteiger partial charge on any atom is 0.159 e. The van der Waals surface area contributed by atoms with Gasteiger partial charge in [-0.05, 0) is 105 Å². The van der Waals surface area contributed by atoms with E-state index in [0.717, 1.165) is 50.3 Å². The normalized spacial score (nSPS) is 13.1. The summed E-state index contributed by atoms with van der Waals surface area (Å²) >= 11 is 0. The third-order valence-corrected chi connectivity index (χ3v) is 12.6. The van der Waals surface area contributed by atoms with E-state index in [1.165, 1.54) is 60.4 Å². The largest absolute Gasteiger partial charge is 0.454 e. The van der Waals surface area contributed by atoms with Gasteiger partial charge in [-0.2, -0.15) is 0 Å². The number of para-hydroxylation sites is 3. The molecule has 0 saturated heterocycles. The lowest BCUT2D eigenvalue weighted by Crippen LogP contribution is -2.16. The Morgan fingerprint density at radius 3 is 1.83 bits per heavy atom. The molecule has 2 heterocycles. The lowest BCUT2D eigenvalue weighted by molar-refractivity contribution is 0.660. The van der Waals surface area contributed by atoms with Crippen molar-refractivity contribution in [3.8, 4) is 27.9 Å². The fourth-order valence-electron chi connectivity index (χ4n) is 9.79. The van der Waals surface area contributed by atoms with Gasteiger partial charge in [0.15, 0.2) is 5.58 Å². The van der Waals surface area contributed by atoms with Crippen LogP contribution in [0.4, 0.5) is 17.1 Å². The highest BCUT2D eigenvalue weighted by molar-refractivity contribution is 6.21. The maximum atomic E-state index is 6.84. The average molecular weight is 743 g/mol. The molecule has 1 aliphatic carbocycles. The van der Waals surface area contributed by atoms with Crippen molar-refractivity contribution in [1.82, 2.24) is 4.57 Å². The molecule has 12 rings (SSSR count). The molecular formula is C55H38N2O. The van der Waals surface area contributed by atoms with Gasteiger partial charge in [-0.1, -0.05) is 147 Å². The second-order valence-electron chi connectivity index (χ2n) is 16.1. The van der Waals surface area contributed by atoms with Crippen LogP contribution in [0.15, 0.2) is 199 Å². The first kappa shape index (κ1) is 32.8. The van der Waals surface area contributed by atoms with Crippen LogP contribution in [0.5, 0.6) is 0 Å². The molecule has 0 saturated carbocycles. The van der Waals surface area contributed by atoms with E-state index >= 15 is 0 Å². The highest BCUT2D eigenvalue weighted by atomic mass is 16.3. The van der Waals surface area contributed by atoms with Crippen LogP contribution >= 0.6 is 0 Å². The van der Waals surface area contributed by atoms with Crippen LogP contribution in [-0.4, -0.2) is 4.57 Å². The van der Waals surface area contributed by atoms with Gasteiger partial charge in [-0.25, -0.2) is 0 Å². The maximum absolute atomic E-state index is 6.84. The van der Waals surface area contributed by atoms with Gasteiger partial charge in [0.1, 0.15) is 5.58 Å². The summed E-state index contributed by atoms with van der Waals surface area (Å²) in [4.78, 5) is 2.38. The average Bonchev–Trinajstić information content (AvgIpc) is 3.90. The van der Waals surface area contributed by atoms with Crippen LogP contribution < -0.4 is 4.90 Å². The number of hydrogen-bond donors (Lipinski definition) is 0. The Balaban J connectivity index is 0.991. The smallest absolute Gasteiger partial charge is 0.159 e. The van der Waals surface area contributed by atoms with E-state index in [9.17, 15) is 0 Å². The van der Waals surface area contributed by atoms with E-state index in [1.54, 1.807) is 0 Å². The van der Waals surface area contributed by atoms with Crippen LogP contribution in [0.25, 0.3) is 82.5 Å². The topological polar surface area (TPSA) is 21.3 Å². The highest BCUT2D eigenvalue weighted by Gasteiger charge is 2.36. The van der Waals surface area contributed by atoms with Gasteiger partial charge in [0.05, 0.1) is 16.7 Å². The second-order valence-corrected chi connectivity index (χ2v) is 16.1. The van der Waals surface area contributed by atoms with Crippen molar-refractivity contribution in [2.75, 3.05) is 4.90 Å². The molecule has 11 aromatic rings. The van der Waals surface area contributed by atoms with E-state index in [-0.39, 0.29) is 5.41 Å². The summed E-state index contributed by atoms with van der Waals surface area (Å²) in [6.07, 6.45) is 0. The first-order chi connectivity index (χ1) is 28.5. The van der Waals surface area contributed by atoms with E-state index in [4.69, 9.17) is 4.42 Å². The molecule has 0 amide bonds. The fourth-order valence-corrected chi connectivity index (χ4v) is 9.79. The molecular weight excluding hydrogens is 705 g/mol. The third-order valence-electron chi connectivity index (χ3n) is 12.6. The highest BCUT2D eigenvalue weighted by Crippen LogP contribution is 2.51. The van der Waals surface area contributed by atoms with Crippen molar-refractivity contribution in [1.29, 1.82) is 0 Å². The van der Waals surface area contributed by atoms with E-state index < -0.39 is 0 Å². The number of furan rings is 1. The van der Waals surface area contributed by atoms with Gasteiger partial charge in [0.25, 0.3) is 0 Å². The van der Waals surface area contributed by atoms with Crippen LogP contribution in [-0.2, 0) is 5.41 Å². The number of rotatable bonds is 5. The van der Waals surface area contributed by atoms with Crippen molar-refractivity contribution >= 4 is 71.6 Å². The zero-order valence-electron chi connectivity index (χ0n) is 32.3. The molecule has 0 aliphatic heterocycles. The van der Waals surface area contributed by atoms with Crippen LogP contribution in [0.3, 0.4) is 0 Å². The number of aromatic nitrogens is 1. The Kier molecular flexibility index (Phi) is 6.98. The van der Waals surface area contributed by atoms with Gasteiger partial charge < -0.3 is 13.9 Å². The lowest BCUT2D eigenvalue weighted by atomic mass is 9.82. The van der Waals surface area contributed by atoms with Crippen molar-refractivity contribution in [2.24, 2.45) is 0 Å². The zero-order chi connectivity index (χ0) is 38.5. The standard InChI is InChI=1S/C55H38N2O/c1-55(2)47-18-8-5-14-42(47)43-32-31-40(34-48(43)55)56(51-21-11-17-46-53-41-13-4-3-12-37(41)26-33-52(53)58-54(46)51)38-27-22-35(23-28-38)36-24-29-39(30-25-36)57-49-19-9-6-15-44(49)45-16-7-10-20-50(45)57/h3-34H,1-2H3. The van der Waals surface area contributed by atoms with Gasteiger partial charge >= 0.3 is 0 Å². The monoisotopic (exact) mass is 742 g/mol. The Hall–Kier alpha value is -7.36. The molecule has 3 nitrogen and oxygen atoms in total. The summed E-state index contributed by atoms with van der Waals surface area (Å²) in [5.74, 6) is 0. The molecule has 0 N–H and O–H groups in total. The molecule has 0 spiro atoms. The number of hydrogen-bond acceptors (Lipinski definition) is 2. The van der Waals surface area contributed by atoms with Crippen LogP contribution in [0.2, 0.25) is 0 Å². The van der Waals surface area contributed by atoms with Crippen molar-refractivity contribution < 1.29 is 4.42 Å². The summed E-state index contributed by atoms with van der Waals surface area (Å²) in [5, 5.41) is 7.21. The van der Waals surface area contributed by atoms with Gasteiger partial charge in [-0.3, -0.25) is 0 Å². The Labute approximate surface area is 336 Å². The molecule has 1 aliphatic rings. The number of anilines is 3. The molecule has 0 unspecified atom stereocenters. The minimum Gasteiger partial charge on any atom is -0.454 e. The predicted molar refractivity (Wildman–Crippen MR) is 243 cm³/mol. The molecule has 274 valence electrons. The quantitative estimate of drug-likeness (QED) is 0.175. The Morgan fingerprint density at radius 2 is 1.07 bits per heavy atom. The minimum absolute atomic E-state index is 0.132. The first-order valence-corrected chi connectivity index (χ1v) is 20.1. The Bertz CT molecular complexity index is 3370. The first-order valence-electron chi connectivity index (χ1n) is 20.1. The van der Waals surface area contributed by atoms with E-state index in [1.807, 2.05) is 0 Å². The van der Waals surface area contributed by atoms with Crippen molar-refractivity contribution in [2.45, 2.75) is 19.3 Å². The molecule has 58 heavy (non-hydrogen) atoms. The zero-order valence-corrected chi connectivity index (χ0v) is 32.3. The van der Waals surface area contributed by atoms with Gasteiger partial charge in [0, 0.05) is 44.0 Å². The minimum atomic E-state index is -0.132. The van der Waals surface area contributed by atoms with Gasteiger partial charge in [-0.15, -0.1) is 0 Å². The number of fused-ring (bicyclic) bond motifs is 11. The molecule has 0 fully saturated rings. The second kappa shape index (κ2) is 12.3.